The molecule has 0 amide bonds. The average Bonchev–Trinajstić information content (AvgIpc) is 2.69. The van der Waals surface area contributed by atoms with Gasteiger partial charge < -0.3 is 10.2 Å². The van der Waals surface area contributed by atoms with Crippen LogP contribution in [0.3, 0.4) is 0 Å². The van der Waals surface area contributed by atoms with Crippen LogP contribution in [0.2, 0.25) is 5.02 Å². The minimum atomic E-state index is -0.498. The Labute approximate surface area is 167 Å². The van der Waals surface area contributed by atoms with Gasteiger partial charge in [0.05, 0.1) is 22.5 Å². The summed E-state index contributed by atoms with van der Waals surface area (Å²) in [4.78, 5) is 27.5. The minimum absolute atomic E-state index is 0.0407. The largest absolute Gasteiger partial charge is 0.381 e. The first-order valence-electron chi connectivity index (χ1n) is 9.06. The van der Waals surface area contributed by atoms with Crippen LogP contribution in [0.25, 0.3) is 5.69 Å². The van der Waals surface area contributed by atoms with Gasteiger partial charge >= 0.3 is 0 Å². The molecule has 1 atom stereocenters. The molecular formula is C18H23ClN6O3. The second kappa shape index (κ2) is 8.68. The number of likely N-dealkylation sites (N-methyl/N-ethyl adjacent to an activating group) is 1. The Hall–Kier alpha value is -2.49. The van der Waals surface area contributed by atoms with Crippen molar-refractivity contribution in [2.75, 3.05) is 45.1 Å². The number of aromatic nitrogens is 2. The zero-order chi connectivity index (χ0) is 20.3. The third-order valence-corrected chi connectivity index (χ3v) is 5.34. The molecule has 0 saturated carbocycles. The zero-order valence-electron chi connectivity index (χ0n) is 15.8. The predicted octanol–water partition coefficient (Wildman–Crippen LogP) is 1.84. The van der Waals surface area contributed by atoms with Crippen molar-refractivity contribution in [2.24, 2.45) is 0 Å². The summed E-state index contributed by atoms with van der Waals surface area (Å²) in [5, 5.41) is 18.2. The normalized spacial score (nSPS) is 16.7. The molecule has 1 saturated heterocycles. The van der Waals surface area contributed by atoms with Gasteiger partial charge in [0.15, 0.2) is 0 Å². The highest BCUT2D eigenvalue weighted by Crippen LogP contribution is 2.19. The van der Waals surface area contributed by atoms with Gasteiger partial charge in [-0.2, -0.15) is 9.78 Å². The SMILES string of the molecule is CC(CNc1cnn(-c2ccc([N+](=O)[O-])cc2)c(=O)c1Cl)N1CCN(C)CC1. The van der Waals surface area contributed by atoms with Crippen LogP contribution in [0, 0.1) is 10.1 Å². The summed E-state index contributed by atoms with van der Waals surface area (Å²) in [6.45, 7) is 6.87. The third-order valence-electron chi connectivity index (χ3n) is 4.97. The molecule has 1 fully saturated rings. The first-order chi connectivity index (χ1) is 13.4. The maximum absolute atomic E-state index is 12.6. The van der Waals surface area contributed by atoms with E-state index in [4.69, 9.17) is 11.6 Å². The van der Waals surface area contributed by atoms with Crippen LogP contribution in [-0.2, 0) is 0 Å². The van der Waals surface area contributed by atoms with E-state index >= 15 is 0 Å². The van der Waals surface area contributed by atoms with E-state index < -0.39 is 10.5 Å². The molecule has 9 nitrogen and oxygen atoms in total. The molecule has 0 spiro atoms. The number of hydrogen-bond donors (Lipinski definition) is 1. The third kappa shape index (κ3) is 4.49. The van der Waals surface area contributed by atoms with Crippen molar-refractivity contribution in [1.82, 2.24) is 19.6 Å². The van der Waals surface area contributed by atoms with Crippen LogP contribution in [0.1, 0.15) is 6.92 Å². The van der Waals surface area contributed by atoms with Crippen LogP contribution in [0.4, 0.5) is 11.4 Å². The van der Waals surface area contributed by atoms with Gasteiger partial charge in [-0.3, -0.25) is 19.8 Å². The Balaban J connectivity index is 1.70. The van der Waals surface area contributed by atoms with E-state index in [2.05, 4.69) is 34.2 Å². The summed E-state index contributed by atoms with van der Waals surface area (Å²) in [6, 6.07) is 5.86. The lowest BCUT2D eigenvalue weighted by atomic mass is 10.2. The van der Waals surface area contributed by atoms with Gasteiger partial charge in [-0.15, -0.1) is 0 Å². The summed E-state index contributed by atoms with van der Waals surface area (Å²) in [5.74, 6) is 0. The van der Waals surface area contributed by atoms with E-state index in [1.165, 1.54) is 30.5 Å². The Morgan fingerprint density at radius 2 is 1.89 bits per heavy atom. The lowest BCUT2D eigenvalue weighted by Crippen LogP contribution is -2.49. The molecule has 1 aliphatic heterocycles. The second-order valence-electron chi connectivity index (χ2n) is 6.93. The Bertz CT molecular complexity index is 893. The highest BCUT2D eigenvalue weighted by Gasteiger charge is 2.19. The molecule has 1 unspecified atom stereocenters. The van der Waals surface area contributed by atoms with Crippen molar-refractivity contribution in [3.63, 3.8) is 0 Å². The average molecular weight is 407 g/mol. The quantitative estimate of drug-likeness (QED) is 0.577. The van der Waals surface area contributed by atoms with Crippen molar-refractivity contribution in [2.45, 2.75) is 13.0 Å². The molecule has 1 aliphatic rings. The van der Waals surface area contributed by atoms with Gasteiger partial charge in [0.2, 0.25) is 0 Å². The van der Waals surface area contributed by atoms with Gasteiger partial charge in [0.1, 0.15) is 5.02 Å². The van der Waals surface area contributed by atoms with Crippen molar-refractivity contribution >= 4 is 23.0 Å². The molecule has 3 rings (SSSR count). The fourth-order valence-electron chi connectivity index (χ4n) is 3.10. The van der Waals surface area contributed by atoms with Crippen LogP contribution in [0.15, 0.2) is 35.3 Å². The predicted molar refractivity (Wildman–Crippen MR) is 109 cm³/mol. The summed E-state index contributed by atoms with van der Waals surface area (Å²) < 4.78 is 1.13. The Morgan fingerprint density at radius 3 is 2.50 bits per heavy atom. The highest BCUT2D eigenvalue weighted by atomic mass is 35.5. The number of rotatable bonds is 6. The molecule has 1 aromatic heterocycles. The lowest BCUT2D eigenvalue weighted by molar-refractivity contribution is -0.384. The number of hydrogen-bond acceptors (Lipinski definition) is 7. The molecule has 0 bridgehead atoms. The van der Waals surface area contributed by atoms with E-state index in [1.807, 2.05) is 0 Å². The first kappa shape index (κ1) is 20.2. The van der Waals surface area contributed by atoms with E-state index in [0.29, 0.717) is 24.0 Å². The molecule has 0 aliphatic carbocycles. The van der Waals surface area contributed by atoms with Crippen molar-refractivity contribution < 1.29 is 4.92 Å². The summed E-state index contributed by atoms with van der Waals surface area (Å²) in [6.07, 6.45) is 1.50. The van der Waals surface area contributed by atoms with Gasteiger partial charge in [-0.25, -0.2) is 0 Å². The van der Waals surface area contributed by atoms with Gasteiger partial charge in [0.25, 0.3) is 11.2 Å². The van der Waals surface area contributed by atoms with Crippen molar-refractivity contribution in [1.29, 1.82) is 0 Å². The fraction of sp³-hybridized carbons (Fsp3) is 0.444. The van der Waals surface area contributed by atoms with Crippen molar-refractivity contribution in [3.8, 4) is 5.69 Å². The van der Waals surface area contributed by atoms with Crippen LogP contribution in [-0.4, -0.2) is 70.3 Å². The van der Waals surface area contributed by atoms with E-state index in [1.54, 1.807) is 0 Å². The van der Waals surface area contributed by atoms with Crippen LogP contribution < -0.4 is 10.9 Å². The zero-order valence-corrected chi connectivity index (χ0v) is 16.6. The molecule has 150 valence electrons. The summed E-state index contributed by atoms with van der Waals surface area (Å²) in [5.41, 5.74) is 0.354. The number of benzene rings is 1. The number of halogens is 1. The molecule has 28 heavy (non-hydrogen) atoms. The van der Waals surface area contributed by atoms with Crippen molar-refractivity contribution in [3.05, 3.63) is 56.0 Å². The number of piperazine rings is 1. The van der Waals surface area contributed by atoms with E-state index in [9.17, 15) is 14.9 Å². The smallest absolute Gasteiger partial charge is 0.292 e. The molecular weight excluding hydrogens is 384 g/mol. The van der Waals surface area contributed by atoms with Gasteiger partial charge in [-0.1, -0.05) is 11.6 Å². The molecule has 10 heteroatoms. The highest BCUT2D eigenvalue weighted by molar-refractivity contribution is 6.32. The fourth-order valence-corrected chi connectivity index (χ4v) is 3.30. The monoisotopic (exact) mass is 406 g/mol. The number of non-ortho nitro benzene ring substituents is 1. The Morgan fingerprint density at radius 1 is 1.25 bits per heavy atom. The number of nitro benzene ring substituents is 1. The van der Waals surface area contributed by atoms with Gasteiger partial charge in [0, 0.05) is 50.9 Å². The summed E-state index contributed by atoms with van der Waals surface area (Å²) in [7, 11) is 2.12. The summed E-state index contributed by atoms with van der Waals surface area (Å²) >= 11 is 6.25. The van der Waals surface area contributed by atoms with Crippen LogP contribution in [0.5, 0.6) is 0 Å². The van der Waals surface area contributed by atoms with E-state index in [-0.39, 0.29) is 10.7 Å². The topological polar surface area (TPSA) is 96.5 Å². The van der Waals surface area contributed by atoms with Crippen LogP contribution >= 0.6 is 11.6 Å². The lowest BCUT2D eigenvalue weighted by Gasteiger charge is -2.36. The van der Waals surface area contributed by atoms with E-state index in [0.717, 1.165) is 30.9 Å². The van der Waals surface area contributed by atoms with Gasteiger partial charge in [-0.05, 0) is 26.1 Å². The second-order valence-corrected chi connectivity index (χ2v) is 7.31. The molecule has 0 radical (unpaired) electrons. The number of nitro groups is 1. The maximum atomic E-state index is 12.6. The molecule has 1 aromatic carbocycles. The maximum Gasteiger partial charge on any atom is 0.292 e. The number of nitrogens with zero attached hydrogens (tertiary/aromatic N) is 5. The number of anilines is 1. The minimum Gasteiger partial charge on any atom is -0.381 e. The first-order valence-corrected chi connectivity index (χ1v) is 9.43. The molecule has 2 aromatic rings. The standard InChI is InChI=1S/C18H23ClN6O3/c1-13(23-9-7-22(2)8-10-23)11-20-16-12-21-24(18(26)17(16)19)14-3-5-15(6-4-14)25(27)28/h3-6,12-13,20H,7-11H2,1-2H3. The molecule has 2 heterocycles. The Kier molecular flexibility index (Phi) is 6.28. The number of nitrogens with one attached hydrogen (secondary N) is 1. The molecule has 1 N–H and O–H groups in total.